The lowest BCUT2D eigenvalue weighted by atomic mass is 10.2. The number of benzene rings is 2. The van der Waals surface area contributed by atoms with Gasteiger partial charge in [0.05, 0.1) is 5.69 Å². The van der Waals surface area contributed by atoms with Crippen LogP contribution in [0.15, 0.2) is 36.4 Å². The van der Waals surface area contributed by atoms with Crippen LogP contribution in [0, 0.1) is 17.5 Å². The van der Waals surface area contributed by atoms with Crippen molar-refractivity contribution in [2.75, 3.05) is 16.0 Å². The Hall–Kier alpha value is -3.36. The van der Waals surface area contributed by atoms with Crippen LogP contribution in [0.1, 0.15) is 13.3 Å². The van der Waals surface area contributed by atoms with Crippen LogP contribution >= 0.6 is 0 Å². The highest BCUT2D eigenvalue weighted by atomic mass is 19.2. The van der Waals surface area contributed by atoms with Crippen LogP contribution < -0.4 is 16.0 Å². The van der Waals surface area contributed by atoms with E-state index < -0.39 is 41.4 Å². The molecule has 0 aromatic heterocycles. The fourth-order valence-electron chi connectivity index (χ4n) is 2.01. The van der Waals surface area contributed by atoms with Crippen LogP contribution in [-0.2, 0) is 14.4 Å². The minimum Gasteiger partial charge on any atom is -0.326 e. The Balaban J connectivity index is 1.92. The zero-order valence-corrected chi connectivity index (χ0v) is 13.5. The van der Waals surface area contributed by atoms with Crippen molar-refractivity contribution in [3.05, 3.63) is 53.8 Å². The second-order valence-corrected chi connectivity index (χ2v) is 5.25. The van der Waals surface area contributed by atoms with Gasteiger partial charge in [0.25, 0.3) is 0 Å². The van der Waals surface area contributed by atoms with E-state index in [9.17, 15) is 27.6 Å². The number of halogens is 3. The fraction of sp³-hybridized carbons (Fsp3) is 0.118. The van der Waals surface area contributed by atoms with Crippen LogP contribution in [-0.4, -0.2) is 17.7 Å². The molecular weight excluding hydrogens is 351 g/mol. The van der Waals surface area contributed by atoms with E-state index in [1.54, 1.807) is 12.1 Å². The van der Waals surface area contributed by atoms with Crippen molar-refractivity contribution >= 4 is 34.8 Å². The number of nitrogens with one attached hydrogen (secondary N) is 3. The lowest BCUT2D eigenvalue weighted by Gasteiger charge is -2.09. The maximum absolute atomic E-state index is 13.5. The summed E-state index contributed by atoms with van der Waals surface area (Å²) >= 11 is 0. The van der Waals surface area contributed by atoms with E-state index in [2.05, 4.69) is 10.6 Å². The van der Waals surface area contributed by atoms with E-state index in [4.69, 9.17) is 0 Å². The SMILES string of the molecule is CC(=O)Nc1ccc(NC(=O)CC(=O)Nc2ccc(F)c(F)c2F)cc1. The van der Waals surface area contributed by atoms with Crippen molar-refractivity contribution in [2.45, 2.75) is 13.3 Å². The fourth-order valence-corrected chi connectivity index (χ4v) is 2.01. The van der Waals surface area contributed by atoms with Crippen LogP contribution in [0.5, 0.6) is 0 Å². The maximum Gasteiger partial charge on any atom is 0.233 e. The predicted octanol–water partition coefficient (Wildman–Crippen LogP) is 3.03. The van der Waals surface area contributed by atoms with E-state index in [1.165, 1.54) is 19.1 Å². The molecule has 0 spiro atoms. The largest absolute Gasteiger partial charge is 0.326 e. The summed E-state index contributed by atoms with van der Waals surface area (Å²) in [6, 6.07) is 7.63. The van der Waals surface area contributed by atoms with Gasteiger partial charge >= 0.3 is 0 Å². The van der Waals surface area contributed by atoms with Gasteiger partial charge in [-0.1, -0.05) is 0 Å². The lowest BCUT2D eigenvalue weighted by molar-refractivity contribution is -0.123. The molecule has 0 unspecified atom stereocenters. The molecule has 0 atom stereocenters. The van der Waals surface area contributed by atoms with Gasteiger partial charge in [0.1, 0.15) is 6.42 Å². The van der Waals surface area contributed by atoms with Crippen molar-refractivity contribution in [3.63, 3.8) is 0 Å². The van der Waals surface area contributed by atoms with Gasteiger partial charge in [0, 0.05) is 18.3 Å². The van der Waals surface area contributed by atoms with E-state index in [0.717, 1.165) is 6.07 Å². The third kappa shape index (κ3) is 5.07. The highest BCUT2D eigenvalue weighted by molar-refractivity contribution is 6.08. The van der Waals surface area contributed by atoms with Gasteiger partial charge in [-0.15, -0.1) is 0 Å². The zero-order chi connectivity index (χ0) is 19.3. The smallest absolute Gasteiger partial charge is 0.233 e. The Morgan fingerprint density at radius 3 is 1.88 bits per heavy atom. The molecule has 0 saturated heterocycles. The van der Waals surface area contributed by atoms with Crippen LogP contribution in [0.2, 0.25) is 0 Å². The topological polar surface area (TPSA) is 87.3 Å². The van der Waals surface area contributed by atoms with Gasteiger partial charge in [-0.25, -0.2) is 13.2 Å². The number of carbonyl (C=O) groups excluding carboxylic acids is 3. The molecule has 0 saturated carbocycles. The van der Waals surface area contributed by atoms with Gasteiger partial charge < -0.3 is 16.0 Å². The summed E-state index contributed by atoms with van der Waals surface area (Å²) in [6.45, 7) is 1.35. The number of amides is 3. The first-order chi connectivity index (χ1) is 12.3. The second-order valence-electron chi connectivity index (χ2n) is 5.25. The predicted molar refractivity (Wildman–Crippen MR) is 88.9 cm³/mol. The molecule has 0 radical (unpaired) electrons. The molecule has 0 heterocycles. The summed E-state index contributed by atoms with van der Waals surface area (Å²) in [7, 11) is 0. The molecule has 0 aliphatic rings. The van der Waals surface area contributed by atoms with E-state index in [-0.39, 0.29) is 5.91 Å². The Bertz CT molecular complexity index is 854. The first-order valence-electron chi connectivity index (χ1n) is 7.37. The maximum atomic E-state index is 13.5. The first kappa shape index (κ1) is 19.0. The first-order valence-corrected chi connectivity index (χ1v) is 7.37. The lowest BCUT2D eigenvalue weighted by Crippen LogP contribution is -2.22. The third-order valence-corrected chi connectivity index (χ3v) is 3.12. The molecule has 6 nitrogen and oxygen atoms in total. The molecule has 2 aromatic carbocycles. The molecule has 26 heavy (non-hydrogen) atoms. The van der Waals surface area contributed by atoms with E-state index in [1.807, 2.05) is 5.32 Å². The number of hydrogen-bond donors (Lipinski definition) is 3. The van der Waals surface area contributed by atoms with Gasteiger partial charge in [0.15, 0.2) is 17.5 Å². The Morgan fingerprint density at radius 1 is 0.769 bits per heavy atom. The third-order valence-electron chi connectivity index (χ3n) is 3.12. The molecular formula is C17H14F3N3O3. The summed E-state index contributed by atoms with van der Waals surface area (Å²) in [5.74, 6) is -6.50. The molecule has 0 fully saturated rings. The molecule has 2 aromatic rings. The van der Waals surface area contributed by atoms with Crippen LogP contribution in [0.25, 0.3) is 0 Å². The quantitative estimate of drug-likeness (QED) is 0.562. The summed E-state index contributed by atoms with van der Waals surface area (Å²) < 4.78 is 39.4. The average molecular weight is 365 g/mol. The van der Waals surface area contributed by atoms with Crippen molar-refractivity contribution in [1.82, 2.24) is 0 Å². The van der Waals surface area contributed by atoms with Gasteiger partial charge in [-0.05, 0) is 36.4 Å². The van der Waals surface area contributed by atoms with Crippen LogP contribution in [0.3, 0.4) is 0 Å². The van der Waals surface area contributed by atoms with Gasteiger partial charge in [0.2, 0.25) is 17.7 Å². The average Bonchev–Trinajstić information content (AvgIpc) is 2.56. The zero-order valence-electron chi connectivity index (χ0n) is 13.5. The Labute approximate surface area is 146 Å². The summed E-state index contributed by atoms with van der Waals surface area (Å²) in [5.41, 5.74) is 0.333. The van der Waals surface area contributed by atoms with Crippen molar-refractivity contribution < 1.29 is 27.6 Å². The van der Waals surface area contributed by atoms with E-state index in [0.29, 0.717) is 17.4 Å². The van der Waals surface area contributed by atoms with Crippen molar-refractivity contribution in [1.29, 1.82) is 0 Å². The summed E-state index contributed by atoms with van der Waals surface area (Å²) in [5, 5.41) is 6.98. The minimum atomic E-state index is -1.72. The normalized spacial score (nSPS) is 10.2. The van der Waals surface area contributed by atoms with Gasteiger partial charge in [-0.2, -0.15) is 0 Å². The molecule has 136 valence electrons. The molecule has 0 bridgehead atoms. The molecule has 9 heteroatoms. The number of carbonyl (C=O) groups is 3. The van der Waals surface area contributed by atoms with E-state index >= 15 is 0 Å². The second kappa shape index (κ2) is 8.15. The highest BCUT2D eigenvalue weighted by Crippen LogP contribution is 2.20. The van der Waals surface area contributed by atoms with Gasteiger partial charge in [-0.3, -0.25) is 14.4 Å². The number of hydrogen-bond acceptors (Lipinski definition) is 3. The molecule has 2 rings (SSSR count). The molecule has 0 aliphatic carbocycles. The van der Waals surface area contributed by atoms with Crippen molar-refractivity contribution in [3.8, 4) is 0 Å². The number of anilines is 3. The Kier molecular flexibility index (Phi) is 5.94. The number of rotatable bonds is 5. The highest BCUT2D eigenvalue weighted by Gasteiger charge is 2.17. The molecule has 3 amide bonds. The van der Waals surface area contributed by atoms with Crippen molar-refractivity contribution in [2.24, 2.45) is 0 Å². The minimum absolute atomic E-state index is 0.247. The summed E-state index contributed by atoms with van der Waals surface area (Å²) in [6.07, 6.45) is -0.661. The summed E-state index contributed by atoms with van der Waals surface area (Å²) in [4.78, 5) is 34.5. The monoisotopic (exact) mass is 365 g/mol. The molecule has 0 aliphatic heterocycles. The van der Waals surface area contributed by atoms with Crippen LogP contribution in [0.4, 0.5) is 30.2 Å². The molecule has 3 N–H and O–H groups in total. The standard InChI is InChI=1S/C17H14F3N3O3/c1-9(24)21-10-2-4-11(5-3-10)22-14(25)8-15(26)23-13-7-6-12(18)16(19)17(13)20/h2-7H,8H2,1H3,(H,21,24)(H,22,25)(H,23,26). The Morgan fingerprint density at radius 2 is 1.31 bits per heavy atom.